The fourth-order valence-electron chi connectivity index (χ4n) is 1.75. The fourth-order valence-corrected chi connectivity index (χ4v) is 1.75. The van der Waals surface area contributed by atoms with E-state index in [0.717, 1.165) is 5.56 Å². The first-order valence-electron chi connectivity index (χ1n) is 5.91. The summed E-state index contributed by atoms with van der Waals surface area (Å²) in [6.07, 6.45) is 0. The van der Waals surface area contributed by atoms with Crippen molar-refractivity contribution in [2.75, 3.05) is 12.8 Å². The Labute approximate surface area is 111 Å². The summed E-state index contributed by atoms with van der Waals surface area (Å²) in [6, 6.07) is 10.0. The summed E-state index contributed by atoms with van der Waals surface area (Å²) < 4.78 is 24.0. The highest BCUT2D eigenvalue weighted by Crippen LogP contribution is 2.24. The largest absolute Gasteiger partial charge is 0.496 e. The third-order valence-corrected chi connectivity index (χ3v) is 2.83. The predicted molar refractivity (Wildman–Crippen MR) is 72.9 cm³/mol. The monoisotopic (exact) mass is 261 g/mol. The first-order chi connectivity index (χ1) is 9.10. The Morgan fingerprint density at radius 1 is 1.16 bits per heavy atom. The molecule has 0 fully saturated rings. The Kier molecular flexibility index (Phi) is 3.90. The molecule has 0 amide bonds. The molecular weight excluding hydrogens is 245 g/mol. The lowest BCUT2D eigenvalue weighted by Gasteiger charge is -2.11. The van der Waals surface area contributed by atoms with Gasteiger partial charge in [-0.25, -0.2) is 4.39 Å². The van der Waals surface area contributed by atoms with E-state index in [1.54, 1.807) is 38.3 Å². The van der Waals surface area contributed by atoms with Crippen LogP contribution in [0.15, 0.2) is 36.4 Å². The summed E-state index contributed by atoms with van der Waals surface area (Å²) in [5, 5.41) is 0. The molecule has 3 nitrogen and oxygen atoms in total. The average molecular weight is 261 g/mol. The second-order valence-electron chi connectivity index (χ2n) is 4.27. The summed E-state index contributed by atoms with van der Waals surface area (Å²) >= 11 is 0. The predicted octanol–water partition coefficient (Wildman–Crippen LogP) is 3.30. The number of anilines is 1. The molecule has 0 aliphatic heterocycles. The first kappa shape index (κ1) is 13.2. The van der Waals surface area contributed by atoms with Gasteiger partial charge in [-0.3, -0.25) is 0 Å². The number of nitrogens with two attached hydrogens (primary N) is 1. The van der Waals surface area contributed by atoms with Gasteiger partial charge >= 0.3 is 0 Å². The van der Waals surface area contributed by atoms with Crippen LogP contribution in [0.4, 0.5) is 10.1 Å². The van der Waals surface area contributed by atoms with E-state index in [0.29, 0.717) is 29.4 Å². The highest BCUT2D eigenvalue weighted by Gasteiger charge is 2.05. The molecule has 0 spiro atoms. The van der Waals surface area contributed by atoms with Gasteiger partial charge in [0.2, 0.25) is 0 Å². The minimum absolute atomic E-state index is 0.239. The number of rotatable bonds is 4. The lowest BCUT2D eigenvalue weighted by Crippen LogP contribution is -2.00. The van der Waals surface area contributed by atoms with Crippen LogP contribution in [-0.2, 0) is 6.61 Å². The summed E-state index contributed by atoms with van der Waals surface area (Å²) in [5.74, 6) is 1.06. The summed E-state index contributed by atoms with van der Waals surface area (Å²) in [6.45, 7) is 2.04. The molecule has 4 heteroatoms. The Bertz CT molecular complexity index is 584. The second kappa shape index (κ2) is 5.61. The molecule has 2 aromatic rings. The van der Waals surface area contributed by atoms with Crippen LogP contribution in [0.3, 0.4) is 0 Å². The van der Waals surface area contributed by atoms with Gasteiger partial charge in [-0.2, -0.15) is 0 Å². The van der Waals surface area contributed by atoms with Crippen molar-refractivity contribution in [2.24, 2.45) is 0 Å². The van der Waals surface area contributed by atoms with Crippen LogP contribution in [0.1, 0.15) is 11.1 Å². The van der Waals surface area contributed by atoms with Gasteiger partial charge in [0, 0.05) is 17.3 Å². The number of benzene rings is 2. The molecular formula is C15H16FNO2. The molecule has 0 aliphatic rings. The van der Waals surface area contributed by atoms with Crippen LogP contribution in [0.25, 0.3) is 0 Å². The molecule has 0 bridgehead atoms. The van der Waals surface area contributed by atoms with Crippen LogP contribution in [0.5, 0.6) is 11.5 Å². The molecule has 2 rings (SSSR count). The van der Waals surface area contributed by atoms with Gasteiger partial charge in [-0.1, -0.05) is 0 Å². The van der Waals surface area contributed by atoms with E-state index >= 15 is 0 Å². The van der Waals surface area contributed by atoms with Crippen molar-refractivity contribution < 1.29 is 13.9 Å². The van der Waals surface area contributed by atoms with Gasteiger partial charge in [-0.05, 0) is 42.8 Å². The van der Waals surface area contributed by atoms with Crippen molar-refractivity contribution in [2.45, 2.75) is 13.5 Å². The van der Waals surface area contributed by atoms with Crippen molar-refractivity contribution >= 4 is 5.69 Å². The quantitative estimate of drug-likeness (QED) is 0.859. The highest BCUT2D eigenvalue weighted by atomic mass is 19.1. The Balaban J connectivity index is 2.12. The van der Waals surface area contributed by atoms with Crippen molar-refractivity contribution in [3.8, 4) is 11.5 Å². The van der Waals surface area contributed by atoms with Crippen molar-refractivity contribution in [3.63, 3.8) is 0 Å². The third-order valence-electron chi connectivity index (χ3n) is 2.83. The van der Waals surface area contributed by atoms with Crippen LogP contribution in [-0.4, -0.2) is 7.11 Å². The lowest BCUT2D eigenvalue weighted by molar-refractivity contribution is 0.296. The van der Waals surface area contributed by atoms with E-state index in [1.165, 1.54) is 6.07 Å². The van der Waals surface area contributed by atoms with Gasteiger partial charge in [0.1, 0.15) is 23.9 Å². The summed E-state index contributed by atoms with van der Waals surface area (Å²) in [5.41, 5.74) is 7.77. The number of hydrogen-bond donors (Lipinski definition) is 1. The Morgan fingerprint density at radius 3 is 2.63 bits per heavy atom. The Morgan fingerprint density at radius 2 is 1.95 bits per heavy atom. The van der Waals surface area contributed by atoms with Crippen molar-refractivity contribution in [1.29, 1.82) is 0 Å². The molecule has 0 saturated carbocycles. The number of nitrogen functional groups attached to an aromatic ring is 1. The molecule has 0 unspecified atom stereocenters. The van der Waals surface area contributed by atoms with E-state index in [-0.39, 0.29) is 5.82 Å². The van der Waals surface area contributed by atoms with E-state index in [2.05, 4.69) is 0 Å². The van der Waals surface area contributed by atoms with Gasteiger partial charge < -0.3 is 15.2 Å². The normalized spacial score (nSPS) is 10.3. The smallest absolute Gasteiger partial charge is 0.127 e. The zero-order valence-corrected chi connectivity index (χ0v) is 10.9. The van der Waals surface area contributed by atoms with E-state index in [1.807, 2.05) is 6.07 Å². The van der Waals surface area contributed by atoms with E-state index in [4.69, 9.17) is 15.2 Å². The van der Waals surface area contributed by atoms with Crippen LogP contribution < -0.4 is 15.2 Å². The molecule has 100 valence electrons. The Hall–Kier alpha value is -2.23. The zero-order valence-electron chi connectivity index (χ0n) is 10.9. The first-order valence-corrected chi connectivity index (χ1v) is 5.91. The average Bonchev–Trinajstić information content (AvgIpc) is 2.41. The highest BCUT2D eigenvalue weighted by molar-refractivity contribution is 5.48. The number of aryl methyl sites for hydroxylation is 1. The minimum atomic E-state index is -0.239. The van der Waals surface area contributed by atoms with Gasteiger partial charge in [0.15, 0.2) is 0 Å². The van der Waals surface area contributed by atoms with Crippen molar-refractivity contribution in [1.82, 2.24) is 0 Å². The molecule has 0 aliphatic carbocycles. The molecule has 2 N–H and O–H groups in total. The van der Waals surface area contributed by atoms with Crippen LogP contribution in [0.2, 0.25) is 0 Å². The number of halogens is 1. The molecule has 2 aromatic carbocycles. The summed E-state index contributed by atoms with van der Waals surface area (Å²) in [4.78, 5) is 0. The maximum Gasteiger partial charge on any atom is 0.127 e. The molecule has 0 saturated heterocycles. The number of hydrogen-bond acceptors (Lipinski definition) is 3. The van der Waals surface area contributed by atoms with Crippen LogP contribution in [0, 0.1) is 12.7 Å². The number of methoxy groups -OCH3 is 1. The van der Waals surface area contributed by atoms with E-state index in [9.17, 15) is 4.39 Å². The van der Waals surface area contributed by atoms with Crippen molar-refractivity contribution in [3.05, 3.63) is 53.3 Å². The standard InChI is InChI=1S/C15H16FNO2/c1-10-7-13(5-6-14(10)16)19-9-11-3-4-12(17)8-15(11)18-2/h3-8H,9,17H2,1-2H3. The lowest BCUT2D eigenvalue weighted by atomic mass is 10.2. The fraction of sp³-hybridized carbons (Fsp3) is 0.200. The second-order valence-corrected chi connectivity index (χ2v) is 4.27. The number of ether oxygens (including phenoxy) is 2. The maximum atomic E-state index is 13.1. The van der Waals surface area contributed by atoms with Gasteiger partial charge in [0.25, 0.3) is 0 Å². The molecule has 19 heavy (non-hydrogen) atoms. The van der Waals surface area contributed by atoms with Gasteiger partial charge in [-0.15, -0.1) is 0 Å². The molecule has 0 aromatic heterocycles. The molecule has 0 radical (unpaired) electrons. The van der Waals surface area contributed by atoms with Crippen LogP contribution >= 0.6 is 0 Å². The minimum Gasteiger partial charge on any atom is -0.496 e. The topological polar surface area (TPSA) is 44.5 Å². The maximum absolute atomic E-state index is 13.1. The summed E-state index contributed by atoms with van der Waals surface area (Å²) in [7, 11) is 1.58. The van der Waals surface area contributed by atoms with Gasteiger partial charge in [0.05, 0.1) is 7.11 Å². The third kappa shape index (κ3) is 3.16. The van der Waals surface area contributed by atoms with E-state index < -0.39 is 0 Å². The SMILES string of the molecule is COc1cc(N)ccc1COc1ccc(F)c(C)c1. The molecule has 0 atom stereocenters. The molecule has 0 heterocycles. The zero-order chi connectivity index (χ0) is 13.8.